The number of carbonyl (C=O) groups excluding carboxylic acids is 1. The maximum Gasteiger partial charge on any atom is 0.410 e. The summed E-state index contributed by atoms with van der Waals surface area (Å²) in [4.78, 5) is 23.2. The number of piperidine rings is 1. The molecule has 2 aromatic heterocycles. The lowest BCUT2D eigenvalue weighted by molar-refractivity contribution is 0.0102. The molecule has 8 heteroatoms. The predicted molar refractivity (Wildman–Crippen MR) is 103 cm³/mol. The van der Waals surface area contributed by atoms with Crippen LogP contribution in [0.4, 0.5) is 16.4 Å². The number of aromatic nitrogens is 4. The van der Waals surface area contributed by atoms with Gasteiger partial charge in [0.2, 0.25) is 5.95 Å². The van der Waals surface area contributed by atoms with Gasteiger partial charge < -0.3 is 15.0 Å². The minimum Gasteiger partial charge on any atom is -0.444 e. The van der Waals surface area contributed by atoms with Crippen LogP contribution in [0.3, 0.4) is 0 Å². The molecular formula is C19H28N6O2. The molecule has 1 aliphatic heterocycles. The van der Waals surface area contributed by atoms with E-state index in [1.165, 1.54) is 0 Å². The van der Waals surface area contributed by atoms with E-state index in [-0.39, 0.29) is 18.1 Å². The standard InChI is InChI=1S/C19H28N6O2/c1-13-10-14(7-9-25(13)18(26)27-19(2,3)4)16-6-8-20-17(23-16)22-15-11-21-24(5)12-15/h6,8,11-14H,7,9-10H2,1-5H3,(H,20,22,23). The average molecular weight is 372 g/mol. The van der Waals surface area contributed by atoms with E-state index in [1.54, 1.807) is 17.1 Å². The minimum absolute atomic E-state index is 0.100. The van der Waals surface area contributed by atoms with Crippen molar-refractivity contribution in [1.29, 1.82) is 0 Å². The average Bonchev–Trinajstić information content (AvgIpc) is 2.98. The minimum atomic E-state index is -0.479. The second-order valence-corrected chi connectivity index (χ2v) is 8.08. The molecule has 2 aromatic rings. The van der Waals surface area contributed by atoms with Crippen molar-refractivity contribution in [3.05, 3.63) is 30.4 Å². The molecule has 27 heavy (non-hydrogen) atoms. The molecule has 0 aromatic carbocycles. The van der Waals surface area contributed by atoms with Gasteiger partial charge in [-0.05, 0) is 46.6 Å². The highest BCUT2D eigenvalue weighted by Gasteiger charge is 2.32. The number of nitrogens with one attached hydrogen (secondary N) is 1. The Balaban J connectivity index is 1.65. The Morgan fingerprint density at radius 3 is 2.78 bits per heavy atom. The van der Waals surface area contributed by atoms with Crippen LogP contribution in [0.15, 0.2) is 24.7 Å². The van der Waals surface area contributed by atoms with Crippen molar-refractivity contribution < 1.29 is 9.53 Å². The highest BCUT2D eigenvalue weighted by Crippen LogP contribution is 2.31. The van der Waals surface area contributed by atoms with Crippen LogP contribution in [0.25, 0.3) is 0 Å². The van der Waals surface area contributed by atoms with E-state index in [0.29, 0.717) is 12.5 Å². The fourth-order valence-corrected chi connectivity index (χ4v) is 3.31. The van der Waals surface area contributed by atoms with Gasteiger partial charge in [0.05, 0.1) is 11.9 Å². The lowest BCUT2D eigenvalue weighted by atomic mass is 9.89. The fourth-order valence-electron chi connectivity index (χ4n) is 3.31. The summed E-state index contributed by atoms with van der Waals surface area (Å²) in [5.41, 5.74) is 1.36. The molecule has 8 nitrogen and oxygen atoms in total. The van der Waals surface area contributed by atoms with Crippen molar-refractivity contribution in [1.82, 2.24) is 24.6 Å². The van der Waals surface area contributed by atoms with Crippen LogP contribution in [-0.2, 0) is 11.8 Å². The van der Waals surface area contributed by atoms with Crippen molar-refractivity contribution in [2.24, 2.45) is 7.05 Å². The number of amides is 1. The van der Waals surface area contributed by atoms with Crippen molar-refractivity contribution in [2.45, 2.75) is 58.1 Å². The Kier molecular flexibility index (Phi) is 5.34. The smallest absolute Gasteiger partial charge is 0.410 e. The Labute approximate surface area is 159 Å². The van der Waals surface area contributed by atoms with Crippen molar-refractivity contribution in [3.63, 3.8) is 0 Å². The number of anilines is 2. The summed E-state index contributed by atoms with van der Waals surface area (Å²) >= 11 is 0. The van der Waals surface area contributed by atoms with E-state index in [9.17, 15) is 4.79 Å². The van der Waals surface area contributed by atoms with Gasteiger partial charge >= 0.3 is 6.09 Å². The first kappa shape index (κ1) is 19.1. The molecule has 1 amide bonds. The summed E-state index contributed by atoms with van der Waals surface area (Å²) in [6, 6.07) is 2.05. The number of ether oxygens (including phenoxy) is 1. The molecule has 146 valence electrons. The number of likely N-dealkylation sites (tertiary alicyclic amines) is 1. The maximum atomic E-state index is 12.4. The van der Waals surface area contributed by atoms with Crippen LogP contribution in [0, 0.1) is 0 Å². The summed E-state index contributed by atoms with van der Waals surface area (Å²) in [5.74, 6) is 0.846. The molecule has 1 fully saturated rings. The first-order chi connectivity index (χ1) is 12.7. The molecule has 1 N–H and O–H groups in total. The Morgan fingerprint density at radius 1 is 1.37 bits per heavy atom. The van der Waals surface area contributed by atoms with Crippen molar-refractivity contribution in [2.75, 3.05) is 11.9 Å². The number of carbonyl (C=O) groups is 1. The number of rotatable bonds is 3. The molecule has 2 unspecified atom stereocenters. The molecule has 0 saturated carbocycles. The molecule has 2 atom stereocenters. The largest absolute Gasteiger partial charge is 0.444 e. The molecule has 3 rings (SSSR count). The van der Waals surface area contributed by atoms with Crippen molar-refractivity contribution >= 4 is 17.7 Å². The highest BCUT2D eigenvalue weighted by molar-refractivity contribution is 5.68. The number of hydrogen-bond donors (Lipinski definition) is 1. The molecule has 3 heterocycles. The third-order valence-electron chi connectivity index (χ3n) is 4.56. The molecule has 0 bridgehead atoms. The molecule has 1 aliphatic rings. The normalized spacial score (nSPS) is 20.4. The summed E-state index contributed by atoms with van der Waals surface area (Å²) in [7, 11) is 1.86. The van der Waals surface area contributed by atoms with E-state index < -0.39 is 5.60 Å². The number of nitrogens with zero attached hydrogens (tertiary/aromatic N) is 5. The zero-order valence-electron chi connectivity index (χ0n) is 16.6. The molecule has 0 radical (unpaired) electrons. The van der Waals surface area contributed by atoms with Gasteiger partial charge in [0.25, 0.3) is 0 Å². The summed E-state index contributed by atoms with van der Waals surface area (Å²) in [6.45, 7) is 8.39. The predicted octanol–water partition coefficient (Wildman–Crippen LogP) is 3.46. The number of hydrogen-bond acceptors (Lipinski definition) is 6. The van der Waals surface area contributed by atoms with Gasteiger partial charge in [0.1, 0.15) is 5.60 Å². The van der Waals surface area contributed by atoms with Gasteiger partial charge in [-0.3, -0.25) is 4.68 Å². The Hall–Kier alpha value is -2.64. The summed E-state index contributed by atoms with van der Waals surface area (Å²) in [5, 5.41) is 7.31. The van der Waals surface area contributed by atoms with E-state index >= 15 is 0 Å². The lowest BCUT2D eigenvalue weighted by Gasteiger charge is -2.38. The van der Waals surface area contributed by atoms with E-state index in [1.807, 2.05) is 45.0 Å². The molecule has 1 saturated heterocycles. The van der Waals surface area contributed by atoms with Crippen LogP contribution in [0.5, 0.6) is 0 Å². The molecule has 0 aliphatic carbocycles. The van der Waals surface area contributed by atoms with E-state index in [0.717, 1.165) is 24.2 Å². The highest BCUT2D eigenvalue weighted by atomic mass is 16.6. The van der Waals surface area contributed by atoms with E-state index in [2.05, 4.69) is 27.3 Å². The zero-order chi connectivity index (χ0) is 19.6. The van der Waals surface area contributed by atoms with Gasteiger partial charge in [0.15, 0.2) is 0 Å². The fraction of sp³-hybridized carbons (Fsp3) is 0.579. The summed E-state index contributed by atoms with van der Waals surface area (Å²) in [6.07, 6.45) is 6.84. The van der Waals surface area contributed by atoms with E-state index in [4.69, 9.17) is 4.74 Å². The van der Waals surface area contributed by atoms with Gasteiger partial charge in [0, 0.05) is 43.6 Å². The zero-order valence-corrected chi connectivity index (χ0v) is 16.6. The monoisotopic (exact) mass is 372 g/mol. The Morgan fingerprint density at radius 2 is 2.15 bits per heavy atom. The topological polar surface area (TPSA) is 85.2 Å². The van der Waals surface area contributed by atoms with Gasteiger partial charge in [-0.2, -0.15) is 5.10 Å². The first-order valence-corrected chi connectivity index (χ1v) is 9.29. The second-order valence-electron chi connectivity index (χ2n) is 8.08. The molecular weight excluding hydrogens is 344 g/mol. The first-order valence-electron chi connectivity index (χ1n) is 9.29. The maximum absolute atomic E-state index is 12.4. The third-order valence-corrected chi connectivity index (χ3v) is 4.56. The molecule has 0 spiro atoms. The number of aryl methyl sites for hydroxylation is 1. The summed E-state index contributed by atoms with van der Waals surface area (Å²) < 4.78 is 7.24. The van der Waals surface area contributed by atoms with Crippen LogP contribution < -0.4 is 5.32 Å². The SMILES string of the molecule is CC1CC(c2ccnc(Nc3cnn(C)c3)n2)CCN1C(=O)OC(C)(C)C. The van der Waals surface area contributed by atoms with Crippen LogP contribution in [-0.4, -0.2) is 48.9 Å². The quantitative estimate of drug-likeness (QED) is 0.888. The van der Waals surface area contributed by atoms with Gasteiger partial charge in [-0.15, -0.1) is 0 Å². The van der Waals surface area contributed by atoms with Crippen LogP contribution >= 0.6 is 0 Å². The second kappa shape index (κ2) is 7.54. The van der Waals surface area contributed by atoms with Gasteiger partial charge in [-0.1, -0.05) is 0 Å². The van der Waals surface area contributed by atoms with Gasteiger partial charge in [-0.25, -0.2) is 14.8 Å². The lowest BCUT2D eigenvalue weighted by Crippen LogP contribution is -2.46. The van der Waals surface area contributed by atoms with Crippen molar-refractivity contribution in [3.8, 4) is 0 Å². The van der Waals surface area contributed by atoms with Crippen LogP contribution in [0.2, 0.25) is 0 Å². The third kappa shape index (κ3) is 4.96. The van der Waals surface area contributed by atoms with Crippen LogP contribution in [0.1, 0.15) is 52.1 Å². The Bertz CT molecular complexity index is 797.